The number of benzene rings is 4. The topological polar surface area (TPSA) is 88.6 Å². The van der Waals surface area contributed by atoms with Gasteiger partial charge in [-0.2, -0.15) is 0 Å². The second-order valence-electron chi connectivity index (χ2n) is 16.4. The number of amides is 2. The van der Waals surface area contributed by atoms with Crippen molar-refractivity contribution in [1.82, 2.24) is 20.0 Å². The number of phenols is 1. The van der Waals surface area contributed by atoms with E-state index in [9.17, 15) is 14.7 Å². The van der Waals surface area contributed by atoms with Crippen LogP contribution >= 0.6 is 0 Å². The lowest BCUT2D eigenvalue weighted by Gasteiger charge is -2.38. The standard InChI is InChI=1S/C47H53N5O4/c1-32-7-18-44(46(54)48-32)52-31-36-29-37(11-16-43(36)47(52)55)51-27-25-50(26-28-51)24-23-49-21-19-40(20-22-49)56-39-13-8-34(9-14-39)45-41(33-5-3-2-4-6-33)15-10-35-30-38(53)12-17-42(35)45/h2-6,8-9,11-14,16-17,29-30,40-41,44-45,53H,1,7,10,15,18-28,31H2,(H,48,54)/t41-,44?,45+/m1/s1. The Balaban J connectivity index is 0.734. The number of phenolic OH excluding ortho intramolecular Hbond substituents is 1. The molecular formula is C47H53N5O4. The monoisotopic (exact) mass is 751 g/mol. The van der Waals surface area contributed by atoms with Gasteiger partial charge in [0.1, 0.15) is 23.6 Å². The minimum atomic E-state index is -0.429. The van der Waals surface area contributed by atoms with Gasteiger partial charge in [0.25, 0.3) is 5.91 Å². The third-order valence-electron chi connectivity index (χ3n) is 13.0. The number of piperazine rings is 1. The molecule has 9 rings (SSSR count). The minimum absolute atomic E-state index is 0.0454. The Kier molecular flexibility index (Phi) is 10.3. The van der Waals surface area contributed by atoms with E-state index in [1.54, 1.807) is 4.90 Å². The Labute approximate surface area is 330 Å². The Hall–Kier alpha value is -5.12. The number of piperidine rings is 2. The van der Waals surface area contributed by atoms with E-state index in [-0.39, 0.29) is 23.8 Å². The van der Waals surface area contributed by atoms with Gasteiger partial charge in [0.05, 0.1) is 0 Å². The van der Waals surface area contributed by atoms with Gasteiger partial charge in [-0.25, -0.2) is 0 Å². The molecule has 0 radical (unpaired) electrons. The fraction of sp³-hybridized carbons (Fsp3) is 0.404. The molecule has 3 saturated heterocycles. The quantitative estimate of drug-likeness (QED) is 0.198. The van der Waals surface area contributed by atoms with Gasteiger partial charge in [-0.1, -0.05) is 55.1 Å². The number of hydrogen-bond donors (Lipinski definition) is 2. The molecule has 1 unspecified atom stereocenters. The maximum atomic E-state index is 13.2. The van der Waals surface area contributed by atoms with E-state index in [0.29, 0.717) is 31.1 Å². The number of rotatable bonds is 9. The van der Waals surface area contributed by atoms with Crippen molar-refractivity contribution in [3.05, 3.63) is 137 Å². The summed E-state index contributed by atoms with van der Waals surface area (Å²) in [6.45, 7) is 12.6. The number of aryl methyl sites for hydroxylation is 1. The molecule has 9 nitrogen and oxygen atoms in total. The van der Waals surface area contributed by atoms with Gasteiger partial charge >= 0.3 is 0 Å². The number of anilines is 1. The molecular weight excluding hydrogens is 699 g/mol. The molecule has 2 N–H and O–H groups in total. The summed E-state index contributed by atoms with van der Waals surface area (Å²) in [6.07, 6.45) is 5.65. The summed E-state index contributed by atoms with van der Waals surface area (Å²) in [5.41, 5.74) is 8.85. The highest BCUT2D eigenvalue weighted by atomic mass is 16.5. The first-order chi connectivity index (χ1) is 27.4. The van der Waals surface area contributed by atoms with E-state index >= 15 is 0 Å². The molecule has 0 saturated carbocycles. The molecule has 4 aromatic carbocycles. The van der Waals surface area contributed by atoms with Crippen LogP contribution in [-0.2, 0) is 17.8 Å². The number of nitrogens with zero attached hydrogens (tertiary/aromatic N) is 4. The summed E-state index contributed by atoms with van der Waals surface area (Å²) in [6, 6.07) is 31.3. The van der Waals surface area contributed by atoms with E-state index in [4.69, 9.17) is 4.74 Å². The Morgan fingerprint density at radius 3 is 2.23 bits per heavy atom. The molecule has 3 atom stereocenters. The van der Waals surface area contributed by atoms with E-state index in [0.717, 1.165) is 106 Å². The van der Waals surface area contributed by atoms with Crippen molar-refractivity contribution in [3.63, 3.8) is 0 Å². The molecule has 2 amide bonds. The number of carbonyl (C=O) groups is 2. The Bertz CT molecular complexity index is 2070. The number of hydrogen-bond acceptors (Lipinski definition) is 7. The van der Waals surface area contributed by atoms with Gasteiger partial charge in [0, 0.05) is 81.8 Å². The van der Waals surface area contributed by atoms with E-state index in [1.807, 2.05) is 18.2 Å². The molecule has 1 aliphatic carbocycles. The van der Waals surface area contributed by atoms with Crippen LogP contribution < -0.4 is 15.0 Å². The predicted octanol–water partition coefficient (Wildman–Crippen LogP) is 6.67. The maximum absolute atomic E-state index is 13.2. The molecule has 0 spiro atoms. The number of nitrogens with one attached hydrogen (secondary N) is 1. The van der Waals surface area contributed by atoms with Crippen LogP contribution in [0.25, 0.3) is 0 Å². The Morgan fingerprint density at radius 2 is 1.48 bits per heavy atom. The fourth-order valence-corrected chi connectivity index (χ4v) is 9.82. The average Bonchev–Trinajstić information content (AvgIpc) is 3.55. The highest BCUT2D eigenvalue weighted by molar-refractivity contribution is 6.01. The highest BCUT2D eigenvalue weighted by Gasteiger charge is 2.38. The zero-order chi connectivity index (χ0) is 38.2. The molecule has 56 heavy (non-hydrogen) atoms. The summed E-state index contributed by atoms with van der Waals surface area (Å²) in [7, 11) is 0. The summed E-state index contributed by atoms with van der Waals surface area (Å²) in [5.74, 6) is 1.74. The Morgan fingerprint density at radius 1 is 0.732 bits per heavy atom. The first-order valence-corrected chi connectivity index (χ1v) is 20.6. The third-order valence-corrected chi connectivity index (χ3v) is 13.0. The second kappa shape index (κ2) is 15.8. The largest absolute Gasteiger partial charge is 0.508 e. The van der Waals surface area contributed by atoms with Gasteiger partial charge in [-0.15, -0.1) is 0 Å². The van der Waals surface area contributed by atoms with Crippen LogP contribution in [0.3, 0.4) is 0 Å². The van der Waals surface area contributed by atoms with Gasteiger partial charge in [0.15, 0.2) is 0 Å². The minimum Gasteiger partial charge on any atom is -0.508 e. The van der Waals surface area contributed by atoms with Gasteiger partial charge in [-0.05, 0) is 115 Å². The number of allylic oxidation sites excluding steroid dienone is 1. The lowest BCUT2D eigenvalue weighted by molar-refractivity contribution is -0.126. The molecule has 290 valence electrons. The van der Waals surface area contributed by atoms with Gasteiger partial charge in [0.2, 0.25) is 5.91 Å². The van der Waals surface area contributed by atoms with E-state index < -0.39 is 6.04 Å². The van der Waals surface area contributed by atoms with Gasteiger partial charge < -0.3 is 29.9 Å². The van der Waals surface area contributed by atoms with Crippen LogP contribution in [0.2, 0.25) is 0 Å². The number of likely N-dealkylation sites (tertiary alicyclic amines) is 1. The summed E-state index contributed by atoms with van der Waals surface area (Å²) in [5, 5.41) is 13.0. The van der Waals surface area contributed by atoms with E-state index in [1.165, 1.54) is 22.3 Å². The predicted molar refractivity (Wildman–Crippen MR) is 219 cm³/mol. The number of carbonyl (C=O) groups excluding carboxylic acids is 2. The zero-order valence-electron chi connectivity index (χ0n) is 32.2. The van der Waals surface area contributed by atoms with Crippen LogP contribution in [0.15, 0.2) is 103 Å². The van der Waals surface area contributed by atoms with Crippen molar-refractivity contribution >= 4 is 17.5 Å². The first kappa shape index (κ1) is 36.5. The summed E-state index contributed by atoms with van der Waals surface area (Å²) >= 11 is 0. The lowest BCUT2D eigenvalue weighted by Crippen LogP contribution is -2.49. The van der Waals surface area contributed by atoms with Crippen LogP contribution in [-0.4, -0.2) is 96.1 Å². The molecule has 4 aromatic rings. The highest BCUT2D eigenvalue weighted by Crippen LogP contribution is 2.47. The molecule has 4 heterocycles. The number of ether oxygens (including phenoxy) is 1. The zero-order valence-corrected chi connectivity index (χ0v) is 32.2. The van der Waals surface area contributed by atoms with Crippen LogP contribution in [0, 0.1) is 0 Å². The smallest absolute Gasteiger partial charge is 0.255 e. The van der Waals surface area contributed by atoms with Crippen molar-refractivity contribution in [1.29, 1.82) is 0 Å². The molecule has 0 aromatic heterocycles. The number of aromatic hydroxyl groups is 1. The van der Waals surface area contributed by atoms with Crippen molar-refractivity contribution in [2.24, 2.45) is 0 Å². The molecule has 0 bridgehead atoms. The first-order valence-electron chi connectivity index (χ1n) is 20.6. The molecule has 5 aliphatic rings. The van der Waals surface area contributed by atoms with Crippen molar-refractivity contribution < 1.29 is 19.4 Å². The average molecular weight is 752 g/mol. The molecule has 3 fully saturated rings. The molecule has 9 heteroatoms. The third kappa shape index (κ3) is 7.54. The van der Waals surface area contributed by atoms with Gasteiger partial charge in [-0.3, -0.25) is 14.5 Å². The van der Waals surface area contributed by atoms with Crippen LogP contribution in [0.5, 0.6) is 11.5 Å². The second-order valence-corrected chi connectivity index (χ2v) is 16.4. The normalized spacial score (nSPS) is 23.5. The van der Waals surface area contributed by atoms with Crippen LogP contribution in [0.4, 0.5) is 5.69 Å². The lowest BCUT2D eigenvalue weighted by atomic mass is 9.69. The summed E-state index contributed by atoms with van der Waals surface area (Å²) < 4.78 is 6.55. The van der Waals surface area contributed by atoms with Crippen LogP contribution in [0.1, 0.15) is 82.1 Å². The van der Waals surface area contributed by atoms with E-state index in [2.05, 4.69) is 99.4 Å². The van der Waals surface area contributed by atoms with Crippen molar-refractivity contribution in [2.75, 3.05) is 57.3 Å². The van der Waals surface area contributed by atoms with Crippen molar-refractivity contribution in [2.45, 2.75) is 69.1 Å². The summed E-state index contributed by atoms with van der Waals surface area (Å²) in [4.78, 5) is 35.1. The number of fused-ring (bicyclic) bond motifs is 2. The SMILES string of the molecule is C=C1CCC(N2Cc3cc(N4CCN(CCN5CCC(Oc6ccc([C@@H]7c8ccc(O)cc8CC[C@@H]7c7ccccc7)cc6)CC5)CC4)ccc3C2=O)C(=O)N1. The maximum Gasteiger partial charge on any atom is 0.255 e. The molecule has 4 aliphatic heterocycles. The fourth-order valence-electron chi connectivity index (χ4n) is 9.82. The van der Waals surface area contributed by atoms with Crippen molar-refractivity contribution in [3.8, 4) is 11.5 Å².